The Hall–Kier alpha value is -2.62. The summed E-state index contributed by atoms with van der Waals surface area (Å²) in [7, 11) is 0. The van der Waals surface area contributed by atoms with E-state index in [4.69, 9.17) is 5.11 Å². The number of carbonyl (C=O) groups is 2. The molecule has 2 aromatic rings. The molecule has 0 saturated heterocycles. The van der Waals surface area contributed by atoms with E-state index >= 15 is 0 Å². The molecule has 0 fully saturated rings. The number of rotatable bonds is 4. The summed E-state index contributed by atoms with van der Waals surface area (Å²) in [6, 6.07) is 12.6. The maximum atomic E-state index is 11.6. The van der Waals surface area contributed by atoms with Crippen molar-refractivity contribution < 1.29 is 19.8 Å². The van der Waals surface area contributed by atoms with Gasteiger partial charge in [-0.15, -0.1) is 0 Å². The van der Waals surface area contributed by atoms with Crippen LogP contribution in [0.1, 0.15) is 50.2 Å². The lowest BCUT2D eigenvalue weighted by atomic mass is 9.86. The lowest BCUT2D eigenvalue weighted by molar-refractivity contribution is 0.0694. The van der Waals surface area contributed by atoms with Crippen molar-refractivity contribution in [2.75, 3.05) is 0 Å². The Morgan fingerprint density at radius 2 is 1.57 bits per heavy atom. The molecule has 0 spiro atoms. The smallest absolute Gasteiger partial charge is 0.336 e. The Labute approximate surface area is 122 Å². The van der Waals surface area contributed by atoms with E-state index in [0.29, 0.717) is 5.56 Å². The molecule has 21 heavy (non-hydrogen) atoms. The molecule has 2 N–H and O–H groups in total. The fourth-order valence-electron chi connectivity index (χ4n) is 2.53. The van der Waals surface area contributed by atoms with Crippen molar-refractivity contribution in [3.05, 3.63) is 70.3 Å². The van der Waals surface area contributed by atoms with Gasteiger partial charge in [-0.1, -0.05) is 43.3 Å². The highest BCUT2D eigenvalue weighted by Crippen LogP contribution is 2.30. The van der Waals surface area contributed by atoms with Crippen LogP contribution in [-0.2, 0) is 0 Å². The predicted octanol–water partition coefficient (Wildman–Crippen LogP) is 3.54. The summed E-state index contributed by atoms with van der Waals surface area (Å²) in [5, 5.41) is 18.6. The van der Waals surface area contributed by atoms with Crippen LogP contribution >= 0.6 is 0 Å². The summed E-state index contributed by atoms with van der Waals surface area (Å²) in [5.74, 6) is -2.35. The molecule has 0 aromatic heterocycles. The average molecular weight is 284 g/mol. The molecule has 0 unspecified atom stereocenters. The van der Waals surface area contributed by atoms with Gasteiger partial charge in [0.25, 0.3) is 0 Å². The van der Waals surface area contributed by atoms with Crippen molar-refractivity contribution in [1.82, 2.24) is 0 Å². The minimum atomic E-state index is -1.12. The molecule has 2 aromatic carbocycles. The number of benzene rings is 2. The first-order valence-corrected chi connectivity index (χ1v) is 6.58. The molecule has 4 heteroatoms. The van der Waals surface area contributed by atoms with E-state index in [9.17, 15) is 14.7 Å². The van der Waals surface area contributed by atoms with Gasteiger partial charge in [-0.05, 0) is 29.7 Å². The van der Waals surface area contributed by atoms with Crippen LogP contribution < -0.4 is 0 Å². The van der Waals surface area contributed by atoms with Crippen LogP contribution in [0.5, 0.6) is 0 Å². The second-order valence-electron chi connectivity index (χ2n) is 4.95. The van der Waals surface area contributed by atoms with Gasteiger partial charge in [-0.25, -0.2) is 9.59 Å². The summed E-state index contributed by atoms with van der Waals surface area (Å²) in [4.78, 5) is 22.7. The standard InChI is InChI=1S/C17H16O4/c1-10(12-6-4-3-5-7-12)13-8-9-14(16(18)19)11(2)15(13)17(20)21/h3-10H,1-2H3,(H,18,19)(H,20,21)/t10-/m0/s1. The normalized spacial score (nSPS) is 11.9. The van der Waals surface area contributed by atoms with E-state index in [1.807, 2.05) is 37.3 Å². The van der Waals surface area contributed by atoms with Crippen LogP contribution in [0.25, 0.3) is 0 Å². The van der Waals surface area contributed by atoms with Crippen molar-refractivity contribution in [3.63, 3.8) is 0 Å². The van der Waals surface area contributed by atoms with Crippen LogP contribution in [0.3, 0.4) is 0 Å². The molecule has 0 bridgehead atoms. The number of hydrogen-bond donors (Lipinski definition) is 2. The van der Waals surface area contributed by atoms with Crippen molar-refractivity contribution in [2.45, 2.75) is 19.8 Å². The molecule has 4 nitrogen and oxygen atoms in total. The van der Waals surface area contributed by atoms with E-state index in [-0.39, 0.29) is 22.6 Å². The molecule has 0 aliphatic carbocycles. The number of aromatic carboxylic acids is 2. The Kier molecular flexibility index (Phi) is 4.08. The van der Waals surface area contributed by atoms with Gasteiger partial charge in [0.05, 0.1) is 11.1 Å². The molecule has 0 amide bonds. The van der Waals surface area contributed by atoms with Crippen LogP contribution in [0.15, 0.2) is 42.5 Å². The molecule has 0 saturated carbocycles. The van der Waals surface area contributed by atoms with Crippen molar-refractivity contribution in [1.29, 1.82) is 0 Å². The first-order valence-electron chi connectivity index (χ1n) is 6.58. The van der Waals surface area contributed by atoms with E-state index in [1.54, 1.807) is 6.07 Å². The molecule has 0 aliphatic rings. The van der Waals surface area contributed by atoms with Gasteiger partial charge in [0, 0.05) is 5.92 Å². The fourth-order valence-corrected chi connectivity index (χ4v) is 2.53. The first-order chi connectivity index (χ1) is 9.93. The third-order valence-electron chi connectivity index (χ3n) is 3.71. The minimum Gasteiger partial charge on any atom is -0.478 e. The second kappa shape index (κ2) is 5.79. The van der Waals surface area contributed by atoms with Gasteiger partial charge >= 0.3 is 11.9 Å². The molecule has 0 radical (unpaired) electrons. The fraction of sp³-hybridized carbons (Fsp3) is 0.176. The summed E-state index contributed by atoms with van der Waals surface area (Å²) in [5.41, 5.74) is 2.00. The first kappa shape index (κ1) is 14.8. The molecule has 0 aliphatic heterocycles. The highest BCUT2D eigenvalue weighted by atomic mass is 16.4. The highest BCUT2D eigenvalue weighted by molar-refractivity contribution is 5.97. The quantitative estimate of drug-likeness (QED) is 0.900. The zero-order valence-corrected chi connectivity index (χ0v) is 11.8. The Bertz CT molecular complexity index is 689. The third-order valence-corrected chi connectivity index (χ3v) is 3.71. The second-order valence-corrected chi connectivity index (χ2v) is 4.95. The van der Waals surface area contributed by atoms with Gasteiger partial charge in [-0.3, -0.25) is 0 Å². The average Bonchev–Trinajstić information content (AvgIpc) is 2.46. The summed E-state index contributed by atoms with van der Waals surface area (Å²) >= 11 is 0. The van der Waals surface area contributed by atoms with Gasteiger partial charge in [0.2, 0.25) is 0 Å². The minimum absolute atomic E-state index is 0.0245. The van der Waals surface area contributed by atoms with Crippen LogP contribution in [0, 0.1) is 6.92 Å². The van der Waals surface area contributed by atoms with E-state index in [1.165, 1.54) is 13.0 Å². The Morgan fingerprint density at radius 1 is 0.952 bits per heavy atom. The lowest BCUT2D eigenvalue weighted by Gasteiger charge is -2.18. The molecule has 108 valence electrons. The molecule has 0 heterocycles. The summed E-state index contributed by atoms with van der Waals surface area (Å²) in [6.07, 6.45) is 0. The molecule has 1 atom stereocenters. The Morgan fingerprint density at radius 3 is 2.10 bits per heavy atom. The monoisotopic (exact) mass is 284 g/mol. The van der Waals surface area contributed by atoms with Crippen LogP contribution in [0.2, 0.25) is 0 Å². The molecule has 2 rings (SSSR count). The number of hydrogen-bond acceptors (Lipinski definition) is 2. The van der Waals surface area contributed by atoms with Crippen LogP contribution in [-0.4, -0.2) is 22.2 Å². The number of carboxylic acids is 2. The highest BCUT2D eigenvalue weighted by Gasteiger charge is 2.22. The van der Waals surface area contributed by atoms with Crippen LogP contribution in [0.4, 0.5) is 0 Å². The third kappa shape index (κ3) is 2.79. The van der Waals surface area contributed by atoms with Gasteiger partial charge in [-0.2, -0.15) is 0 Å². The SMILES string of the molecule is Cc1c(C(=O)O)ccc([C@@H](C)c2ccccc2)c1C(=O)O. The maximum Gasteiger partial charge on any atom is 0.336 e. The van der Waals surface area contributed by atoms with Gasteiger partial charge < -0.3 is 10.2 Å². The zero-order chi connectivity index (χ0) is 15.6. The molecular weight excluding hydrogens is 268 g/mol. The van der Waals surface area contributed by atoms with Gasteiger partial charge in [0.1, 0.15) is 0 Å². The maximum absolute atomic E-state index is 11.6. The van der Waals surface area contributed by atoms with E-state index in [0.717, 1.165) is 5.56 Å². The molecular formula is C17H16O4. The topological polar surface area (TPSA) is 74.6 Å². The van der Waals surface area contributed by atoms with Crippen molar-refractivity contribution in [2.24, 2.45) is 0 Å². The summed E-state index contributed by atoms with van der Waals surface area (Å²) in [6.45, 7) is 3.45. The zero-order valence-electron chi connectivity index (χ0n) is 11.8. The van der Waals surface area contributed by atoms with E-state index in [2.05, 4.69) is 0 Å². The van der Waals surface area contributed by atoms with E-state index < -0.39 is 11.9 Å². The van der Waals surface area contributed by atoms with Crippen molar-refractivity contribution in [3.8, 4) is 0 Å². The van der Waals surface area contributed by atoms with Crippen molar-refractivity contribution >= 4 is 11.9 Å². The largest absolute Gasteiger partial charge is 0.478 e. The number of carboxylic acid groups (broad SMARTS) is 2. The Balaban J connectivity index is 2.62. The lowest BCUT2D eigenvalue weighted by Crippen LogP contribution is -2.12. The van der Waals surface area contributed by atoms with Gasteiger partial charge in [0.15, 0.2) is 0 Å². The predicted molar refractivity (Wildman–Crippen MR) is 79.1 cm³/mol. The summed E-state index contributed by atoms with van der Waals surface area (Å²) < 4.78 is 0.